The number of hydrogen-bond donors (Lipinski definition) is 1. The molecule has 5 heterocycles. The van der Waals surface area contributed by atoms with Crippen LogP contribution < -0.4 is 15.0 Å². The zero-order chi connectivity index (χ0) is 33.3. The van der Waals surface area contributed by atoms with Crippen LogP contribution in [0.25, 0.3) is 11.4 Å². The fourth-order valence-electron chi connectivity index (χ4n) is 6.25. The number of halogens is 2. The van der Waals surface area contributed by atoms with Gasteiger partial charge in [-0.05, 0) is 55.5 Å². The van der Waals surface area contributed by atoms with E-state index in [1.54, 1.807) is 25.3 Å². The number of piperazine rings is 1. The molecule has 1 N–H and O–H groups in total. The van der Waals surface area contributed by atoms with E-state index in [2.05, 4.69) is 47.2 Å². The number of nitrogens with zero attached hydrogens (tertiary/aromatic N) is 8. The molecule has 12 nitrogen and oxygen atoms in total. The zero-order valence-electron chi connectivity index (χ0n) is 26.5. The molecule has 0 radical (unpaired) electrons. The second-order valence-corrected chi connectivity index (χ2v) is 12.3. The minimum absolute atomic E-state index is 0.0303. The predicted octanol–water partition coefficient (Wildman–Crippen LogP) is 3.77. The van der Waals surface area contributed by atoms with E-state index in [4.69, 9.17) is 9.47 Å². The summed E-state index contributed by atoms with van der Waals surface area (Å²) in [5.41, 5.74) is 2.80. The molecular formula is C34H35F2N9O3. The molecule has 2 aromatic carbocycles. The van der Waals surface area contributed by atoms with Crippen molar-refractivity contribution >= 4 is 34.6 Å². The predicted molar refractivity (Wildman–Crippen MR) is 176 cm³/mol. The largest absolute Gasteiger partial charge is 0.483 e. The summed E-state index contributed by atoms with van der Waals surface area (Å²) in [6, 6.07) is 17.2. The molecule has 0 saturated carbocycles. The molecule has 0 unspecified atom stereocenters. The van der Waals surface area contributed by atoms with E-state index in [1.807, 2.05) is 18.2 Å². The molecule has 4 aliphatic rings. The second kappa shape index (κ2) is 13.2. The molecular weight excluding hydrogens is 620 g/mol. The van der Waals surface area contributed by atoms with E-state index in [0.717, 1.165) is 50.0 Å². The highest BCUT2D eigenvalue weighted by atomic mass is 19.3. The van der Waals surface area contributed by atoms with Crippen LogP contribution in [0.15, 0.2) is 64.7 Å². The fourth-order valence-corrected chi connectivity index (χ4v) is 6.25. The average molecular weight is 656 g/mol. The summed E-state index contributed by atoms with van der Waals surface area (Å²) in [7, 11) is 0. The molecule has 7 rings (SSSR count). The van der Waals surface area contributed by atoms with Crippen molar-refractivity contribution in [1.29, 1.82) is 5.26 Å². The van der Waals surface area contributed by atoms with Crippen molar-refractivity contribution in [3.8, 4) is 23.2 Å². The molecule has 3 saturated heterocycles. The quantitative estimate of drug-likeness (QED) is 0.385. The van der Waals surface area contributed by atoms with E-state index in [9.17, 15) is 10.1 Å². The minimum Gasteiger partial charge on any atom is -0.483 e. The van der Waals surface area contributed by atoms with Crippen LogP contribution in [0.5, 0.6) is 5.75 Å². The Bertz CT molecular complexity index is 1780. The van der Waals surface area contributed by atoms with Crippen LogP contribution in [-0.4, -0.2) is 114 Å². The van der Waals surface area contributed by atoms with Crippen molar-refractivity contribution < 1.29 is 23.0 Å². The molecule has 48 heavy (non-hydrogen) atoms. The summed E-state index contributed by atoms with van der Waals surface area (Å²) in [6.45, 7) is 6.69. The van der Waals surface area contributed by atoms with Crippen molar-refractivity contribution in [3.05, 3.63) is 60.3 Å². The highest BCUT2D eigenvalue weighted by Crippen LogP contribution is 2.34. The lowest BCUT2D eigenvalue weighted by molar-refractivity contribution is -0.155. The number of ether oxygens (including phenoxy) is 2. The van der Waals surface area contributed by atoms with Crippen molar-refractivity contribution in [3.63, 3.8) is 0 Å². The minimum atomic E-state index is -3.34. The number of anilines is 3. The van der Waals surface area contributed by atoms with Gasteiger partial charge in [0, 0.05) is 62.3 Å². The van der Waals surface area contributed by atoms with Crippen LogP contribution in [0.2, 0.25) is 0 Å². The van der Waals surface area contributed by atoms with Gasteiger partial charge < -0.3 is 24.6 Å². The first kappa shape index (κ1) is 31.6. The van der Waals surface area contributed by atoms with Gasteiger partial charge in [-0.3, -0.25) is 14.7 Å². The van der Waals surface area contributed by atoms with Gasteiger partial charge in [0.05, 0.1) is 37.9 Å². The van der Waals surface area contributed by atoms with Crippen LogP contribution in [0.1, 0.15) is 18.9 Å². The standard InChI is InChI=1S/C34H35F2N9O3/c1-22-39-18-28(40-22)33(46)45-11-9-30(34(35,36)21-45)48-29-7-2-23(16-24(29)17-37)32-38-10-8-31(42-32)41-25-3-5-26(6-4-25)43-12-14-44(15-13-43)27-19-47-20-27/h2-8,10,16,27,30H,9,11-15,18-21H2,1H3,(H,38,41,42)/t30-/m0/s1. The van der Waals surface area contributed by atoms with Crippen molar-refractivity contribution in [2.45, 2.75) is 31.4 Å². The third kappa shape index (κ3) is 6.69. The number of aliphatic imine (C=N–C) groups is 2. The number of amides is 1. The van der Waals surface area contributed by atoms with Crippen LogP contribution in [0.3, 0.4) is 0 Å². The van der Waals surface area contributed by atoms with Gasteiger partial charge in [-0.1, -0.05) is 0 Å². The average Bonchev–Trinajstić information content (AvgIpc) is 3.51. The third-order valence-electron chi connectivity index (χ3n) is 9.06. The van der Waals surface area contributed by atoms with Gasteiger partial charge in [0.25, 0.3) is 5.91 Å². The number of rotatable bonds is 8. The Kier molecular flexibility index (Phi) is 8.72. The lowest BCUT2D eigenvalue weighted by Crippen LogP contribution is -2.56. The SMILES string of the molecule is CC1=NCC(C(=O)N2CC[C@H](Oc3ccc(-c4nccc(Nc5ccc(N6CCN(C7COC7)CC6)cc5)n4)cc3C#N)C(F)(F)C2)=N1. The normalized spacial score (nSPS) is 21.2. The molecule has 3 fully saturated rings. The second-order valence-electron chi connectivity index (χ2n) is 12.3. The Labute approximate surface area is 276 Å². The number of carbonyl (C=O) groups excluding carboxylic acids is 1. The lowest BCUT2D eigenvalue weighted by atomic mass is 10.0. The molecule has 1 aromatic heterocycles. The molecule has 14 heteroatoms. The van der Waals surface area contributed by atoms with Crippen LogP contribution in [-0.2, 0) is 9.53 Å². The maximum atomic E-state index is 15.2. The molecule has 0 spiro atoms. The molecule has 1 atom stereocenters. The first-order chi connectivity index (χ1) is 23.3. The van der Waals surface area contributed by atoms with Gasteiger partial charge in [-0.15, -0.1) is 0 Å². The van der Waals surface area contributed by atoms with Crippen LogP contribution in [0.4, 0.5) is 26.0 Å². The molecule has 0 bridgehead atoms. The number of alkyl halides is 2. The molecule has 1 amide bonds. The van der Waals surface area contributed by atoms with Gasteiger partial charge in [-0.25, -0.2) is 23.7 Å². The van der Waals surface area contributed by atoms with Gasteiger partial charge >= 0.3 is 5.92 Å². The monoisotopic (exact) mass is 655 g/mol. The van der Waals surface area contributed by atoms with Crippen LogP contribution in [0, 0.1) is 11.3 Å². The van der Waals surface area contributed by atoms with Gasteiger partial charge in [0.15, 0.2) is 11.9 Å². The number of aromatic nitrogens is 2. The van der Waals surface area contributed by atoms with Crippen molar-refractivity contribution in [2.75, 3.05) is 69.2 Å². The molecule has 0 aliphatic carbocycles. The fraction of sp³-hybridized carbons (Fsp3) is 0.412. The summed E-state index contributed by atoms with van der Waals surface area (Å²) in [5.74, 6) is -2.48. The number of hydrogen-bond acceptors (Lipinski definition) is 11. The molecule has 248 valence electrons. The number of amidine groups is 1. The Hall–Kier alpha value is -5.00. The first-order valence-corrected chi connectivity index (χ1v) is 16.0. The number of nitriles is 1. The Morgan fingerprint density at radius 2 is 1.88 bits per heavy atom. The zero-order valence-corrected chi connectivity index (χ0v) is 26.5. The van der Waals surface area contributed by atoms with Crippen molar-refractivity contribution in [2.24, 2.45) is 9.98 Å². The van der Waals surface area contributed by atoms with E-state index < -0.39 is 24.5 Å². The topological polar surface area (TPSA) is 132 Å². The van der Waals surface area contributed by atoms with E-state index >= 15 is 8.78 Å². The number of likely N-dealkylation sites (tertiary alicyclic amines) is 1. The Balaban J connectivity index is 0.976. The van der Waals surface area contributed by atoms with Crippen LogP contribution >= 0.6 is 0 Å². The van der Waals surface area contributed by atoms with Gasteiger partial charge in [0.1, 0.15) is 29.2 Å². The maximum Gasteiger partial charge on any atom is 0.301 e. The lowest BCUT2D eigenvalue weighted by Gasteiger charge is -2.43. The smallest absolute Gasteiger partial charge is 0.301 e. The number of piperidine rings is 1. The molecule has 4 aliphatic heterocycles. The summed E-state index contributed by atoms with van der Waals surface area (Å²) in [6.07, 6.45) is -0.00361. The van der Waals surface area contributed by atoms with E-state index in [1.165, 1.54) is 17.8 Å². The maximum absolute atomic E-state index is 15.2. The third-order valence-corrected chi connectivity index (χ3v) is 9.06. The summed E-state index contributed by atoms with van der Waals surface area (Å²) in [5, 5.41) is 13.2. The highest BCUT2D eigenvalue weighted by molar-refractivity contribution is 6.42. The van der Waals surface area contributed by atoms with E-state index in [-0.39, 0.29) is 36.5 Å². The van der Waals surface area contributed by atoms with E-state index in [0.29, 0.717) is 29.1 Å². The molecule has 3 aromatic rings. The van der Waals surface area contributed by atoms with Crippen molar-refractivity contribution in [1.82, 2.24) is 19.8 Å². The summed E-state index contributed by atoms with van der Waals surface area (Å²) >= 11 is 0. The summed E-state index contributed by atoms with van der Waals surface area (Å²) < 4.78 is 41.4. The Morgan fingerprint density at radius 3 is 2.54 bits per heavy atom. The van der Waals surface area contributed by atoms with Gasteiger partial charge in [0.2, 0.25) is 0 Å². The first-order valence-electron chi connectivity index (χ1n) is 16.0. The summed E-state index contributed by atoms with van der Waals surface area (Å²) in [4.78, 5) is 35.7. The number of nitrogens with one attached hydrogen (secondary N) is 1. The van der Waals surface area contributed by atoms with Gasteiger partial charge in [-0.2, -0.15) is 5.26 Å². The number of carbonyl (C=O) groups is 1. The Morgan fingerprint density at radius 1 is 1.08 bits per heavy atom. The highest BCUT2D eigenvalue weighted by Gasteiger charge is 2.48. The number of benzene rings is 2.